The second kappa shape index (κ2) is 3.59. The normalized spacial score (nSPS) is 11.7. The van der Waals surface area contributed by atoms with Gasteiger partial charge in [0.1, 0.15) is 5.75 Å². The van der Waals surface area contributed by atoms with Crippen LogP contribution in [0.5, 0.6) is 5.75 Å². The van der Waals surface area contributed by atoms with E-state index in [0.717, 1.165) is 6.07 Å². The summed E-state index contributed by atoms with van der Waals surface area (Å²) in [6, 6.07) is 6.28. The van der Waals surface area contributed by atoms with Gasteiger partial charge < -0.3 is 10.1 Å². The molecule has 2 rings (SSSR count). The molecule has 84 valence electrons. The molecule has 1 aromatic carbocycles. The Morgan fingerprint density at radius 3 is 2.44 bits per heavy atom. The van der Waals surface area contributed by atoms with Crippen LogP contribution in [-0.2, 0) is 6.18 Å². The Kier molecular flexibility index (Phi) is 2.38. The number of aromatic nitrogens is 1. The number of phenols is 1. The summed E-state index contributed by atoms with van der Waals surface area (Å²) in [6.45, 7) is 0. The standard InChI is InChI=1S/C11H8F3NO/c12-11(13,14)8-4-7(5-9(16)6-8)10-2-1-3-15-10/h1-6,15-16H. The van der Waals surface area contributed by atoms with Gasteiger partial charge in [-0.05, 0) is 30.3 Å². The zero-order chi connectivity index (χ0) is 11.8. The van der Waals surface area contributed by atoms with E-state index in [1.54, 1.807) is 18.3 Å². The van der Waals surface area contributed by atoms with Crippen molar-refractivity contribution in [3.8, 4) is 17.0 Å². The van der Waals surface area contributed by atoms with Gasteiger partial charge in [-0.25, -0.2) is 0 Å². The van der Waals surface area contributed by atoms with Crippen LogP contribution in [0.2, 0.25) is 0 Å². The average molecular weight is 227 g/mol. The maximum atomic E-state index is 12.5. The number of nitrogens with one attached hydrogen (secondary N) is 1. The first kappa shape index (κ1) is 10.6. The predicted molar refractivity (Wildman–Crippen MR) is 52.9 cm³/mol. The highest BCUT2D eigenvalue weighted by Gasteiger charge is 2.31. The van der Waals surface area contributed by atoms with E-state index in [1.807, 2.05) is 0 Å². The van der Waals surface area contributed by atoms with Gasteiger partial charge in [0.2, 0.25) is 0 Å². The SMILES string of the molecule is Oc1cc(-c2ccc[nH]2)cc(C(F)(F)F)c1. The molecule has 0 fully saturated rings. The minimum atomic E-state index is -4.46. The highest BCUT2D eigenvalue weighted by atomic mass is 19.4. The number of halogens is 3. The molecule has 0 amide bonds. The molecule has 0 bridgehead atoms. The van der Waals surface area contributed by atoms with Gasteiger partial charge >= 0.3 is 6.18 Å². The van der Waals surface area contributed by atoms with Gasteiger partial charge in [0, 0.05) is 17.5 Å². The van der Waals surface area contributed by atoms with E-state index in [2.05, 4.69) is 4.98 Å². The van der Waals surface area contributed by atoms with Crippen molar-refractivity contribution < 1.29 is 18.3 Å². The molecule has 0 aliphatic heterocycles. The molecular formula is C11H8F3NO. The molecule has 2 N–H and O–H groups in total. The van der Waals surface area contributed by atoms with Gasteiger partial charge in [0.25, 0.3) is 0 Å². The van der Waals surface area contributed by atoms with E-state index in [4.69, 9.17) is 0 Å². The Hall–Kier alpha value is -1.91. The summed E-state index contributed by atoms with van der Waals surface area (Å²) in [6.07, 6.45) is -2.85. The lowest BCUT2D eigenvalue weighted by Crippen LogP contribution is -2.04. The Morgan fingerprint density at radius 1 is 1.12 bits per heavy atom. The lowest BCUT2D eigenvalue weighted by Gasteiger charge is -2.09. The molecule has 0 atom stereocenters. The topological polar surface area (TPSA) is 36.0 Å². The quantitative estimate of drug-likeness (QED) is 0.769. The van der Waals surface area contributed by atoms with E-state index in [9.17, 15) is 18.3 Å². The van der Waals surface area contributed by atoms with Gasteiger partial charge in [0.05, 0.1) is 5.56 Å². The third-order valence-electron chi connectivity index (χ3n) is 2.15. The van der Waals surface area contributed by atoms with Gasteiger partial charge in [-0.2, -0.15) is 13.2 Å². The van der Waals surface area contributed by atoms with E-state index >= 15 is 0 Å². The van der Waals surface area contributed by atoms with Crippen molar-refractivity contribution in [1.82, 2.24) is 4.98 Å². The van der Waals surface area contributed by atoms with Gasteiger partial charge in [0.15, 0.2) is 0 Å². The fourth-order valence-electron chi connectivity index (χ4n) is 1.44. The maximum Gasteiger partial charge on any atom is 0.416 e. The molecule has 16 heavy (non-hydrogen) atoms. The van der Waals surface area contributed by atoms with Crippen LogP contribution in [0, 0.1) is 0 Å². The minimum absolute atomic E-state index is 0.303. The molecule has 0 unspecified atom stereocenters. The fraction of sp³-hybridized carbons (Fsp3) is 0.0909. The van der Waals surface area contributed by atoms with E-state index in [0.29, 0.717) is 17.3 Å². The number of aromatic amines is 1. The summed E-state index contributed by atoms with van der Waals surface area (Å²) in [5, 5.41) is 9.24. The average Bonchev–Trinajstić information content (AvgIpc) is 2.68. The summed E-state index contributed by atoms with van der Waals surface area (Å²) in [7, 11) is 0. The van der Waals surface area contributed by atoms with Crippen LogP contribution in [0.1, 0.15) is 5.56 Å². The number of alkyl halides is 3. The molecule has 0 aliphatic rings. The highest BCUT2D eigenvalue weighted by Crippen LogP contribution is 2.34. The summed E-state index contributed by atoms with van der Waals surface area (Å²) < 4.78 is 37.4. The molecule has 5 heteroatoms. The molecule has 1 heterocycles. The van der Waals surface area contributed by atoms with Crippen molar-refractivity contribution in [2.24, 2.45) is 0 Å². The second-order valence-corrected chi connectivity index (χ2v) is 3.35. The Labute approximate surface area is 89.4 Å². The summed E-state index contributed by atoms with van der Waals surface area (Å²) >= 11 is 0. The molecule has 0 saturated heterocycles. The third-order valence-corrected chi connectivity index (χ3v) is 2.15. The van der Waals surface area contributed by atoms with Crippen molar-refractivity contribution in [1.29, 1.82) is 0 Å². The molecule has 0 aliphatic carbocycles. The summed E-state index contributed by atoms with van der Waals surface area (Å²) in [5.41, 5.74) is -0.0316. The summed E-state index contributed by atoms with van der Waals surface area (Å²) in [5.74, 6) is -0.403. The first-order valence-corrected chi connectivity index (χ1v) is 4.52. The number of aromatic hydroxyl groups is 1. The van der Waals surface area contributed by atoms with Crippen LogP contribution < -0.4 is 0 Å². The van der Waals surface area contributed by atoms with E-state index in [1.165, 1.54) is 6.07 Å². The Morgan fingerprint density at radius 2 is 1.88 bits per heavy atom. The monoisotopic (exact) mass is 227 g/mol. The number of hydrogen-bond acceptors (Lipinski definition) is 1. The lowest BCUT2D eigenvalue weighted by molar-refractivity contribution is -0.137. The molecular weight excluding hydrogens is 219 g/mol. The van der Waals surface area contributed by atoms with Gasteiger partial charge in [-0.15, -0.1) is 0 Å². The lowest BCUT2D eigenvalue weighted by atomic mass is 10.1. The van der Waals surface area contributed by atoms with E-state index in [-0.39, 0.29) is 0 Å². The second-order valence-electron chi connectivity index (χ2n) is 3.35. The van der Waals surface area contributed by atoms with Crippen LogP contribution in [0.3, 0.4) is 0 Å². The Balaban J connectivity index is 2.53. The highest BCUT2D eigenvalue weighted by molar-refractivity contribution is 5.62. The third kappa shape index (κ3) is 2.03. The van der Waals surface area contributed by atoms with Gasteiger partial charge in [-0.1, -0.05) is 0 Å². The smallest absolute Gasteiger partial charge is 0.416 e. The first-order valence-electron chi connectivity index (χ1n) is 4.52. The molecule has 0 radical (unpaired) electrons. The number of rotatable bonds is 1. The number of H-pyrrole nitrogens is 1. The zero-order valence-electron chi connectivity index (χ0n) is 8.05. The molecule has 0 saturated carbocycles. The zero-order valence-corrected chi connectivity index (χ0v) is 8.05. The molecule has 1 aromatic heterocycles. The van der Waals surface area contributed by atoms with E-state index < -0.39 is 17.5 Å². The first-order chi connectivity index (χ1) is 7.47. The maximum absolute atomic E-state index is 12.5. The van der Waals surface area contributed by atoms with Crippen molar-refractivity contribution >= 4 is 0 Å². The molecule has 2 aromatic rings. The largest absolute Gasteiger partial charge is 0.508 e. The van der Waals surface area contributed by atoms with Crippen molar-refractivity contribution in [3.63, 3.8) is 0 Å². The van der Waals surface area contributed by atoms with Crippen molar-refractivity contribution in [2.75, 3.05) is 0 Å². The van der Waals surface area contributed by atoms with Crippen molar-refractivity contribution in [3.05, 3.63) is 42.1 Å². The number of hydrogen-bond donors (Lipinski definition) is 2. The number of phenolic OH excluding ortho intramolecular Hbond substituents is 1. The molecule has 0 spiro atoms. The van der Waals surface area contributed by atoms with Crippen molar-refractivity contribution in [2.45, 2.75) is 6.18 Å². The van der Waals surface area contributed by atoms with Crippen LogP contribution in [0.4, 0.5) is 13.2 Å². The van der Waals surface area contributed by atoms with Crippen LogP contribution >= 0.6 is 0 Å². The fourth-order valence-corrected chi connectivity index (χ4v) is 1.44. The summed E-state index contributed by atoms with van der Waals surface area (Å²) in [4.78, 5) is 2.78. The van der Waals surface area contributed by atoms with Crippen LogP contribution in [-0.4, -0.2) is 10.1 Å². The van der Waals surface area contributed by atoms with Crippen LogP contribution in [0.25, 0.3) is 11.3 Å². The predicted octanol–water partition coefficient (Wildman–Crippen LogP) is 3.41. The molecule has 2 nitrogen and oxygen atoms in total. The Bertz CT molecular complexity index is 488. The van der Waals surface area contributed by atoms with Crippen LogP contribution in [0.15, 0.2) is 36.5 Å². The number of benzene rings is 1. The van der Waals surface area contributed by atoms with Gasteiger partial charge in [-0.3, -0.25) is 0 Å². The minimum Gasteiger partial charge on any atom is -0.508 e.